The maximum atomic E-state index is 12.1. The maximum Gasteiger partial charge on any atom is 0.348 e. The van der Waals surface area contributed by atoms with E-state index in [1.165, 1.54) is 0 Å². The lowest BCUT2D eigenvalue weighted by Crippen LogP contribution is -1.95. The number of rotatable bonds is 7. The van der Waals surface area contributed by atoms with Gasteiger partial charge in [-0.05, 0) is 60.7 Å². The summed E-state index contributed by atoms with van der Waals surface area (Å²) < 4.78 is 12.3. The number of hydrogen-bond donors (Lipinski definition) is 1. The summed E-state index contributed by atoms with van der Waals surface area (Å²) >= 11 is 1.13. The van der Waals surface area contributed by atoms with E-state index in [0.29, 0.717) is 27.7 Å². The molecule has 7 nitrogen and oxygen atoms in total. The SMILES string of the molecule is COc1ccc(-c2nn(-c3ccccc3)cc2-c2nc(-c3ccc(OC)cc3)c(C(=O)O)s2)cc1. The lowest BCUT2D eigenvalue weighted by atomic mass is 10.1. The Bertz CT molecular complexity index is 1470. The Hall–Kier alpha value is -4.43. The average molecular weight is 484 g/mol. The molecule has 0 fully saturated rings. The molecule has 2 aromatic heterocycles. The van der Waals surface area contributed by atoms with Gasteiger partial charge in [0.15, 0.2) is 0 Å². The molecule has 35 heavy (non-hydrogen) atoms. The first-order valence-corrected chi connectivity index (χ1v) is 11.6. The average Bonchev–Trinajstić information content (AvgIpc) is 3.55. The first-order chi connectivity index (χ1) is 17.1. The zero-order valence-electron chi connectivity index (χ0n) is 19.0. The molecule has 8 heteroatoms. The molecule has 0 aliphatic rings. The minimum Gasteiger partial charge on any atom is -0.497 e. The van der Waals surface area contributed by atoms with E-state index < -0.39 is 5.97 Å². The predicted octanol–water partition coefficient (Wildman–Crippen LogP) is 6.05. The summed E-state index contributed by atoms with van der Waals surface area (Å²) in [7, 11) is 3.21. The van der Waals surface area contributed by atoms with Gasteiger partial charge in [0.1, 0.15) is 27.1 Å². The molecule has 0 atom stereocenters. The van der Waals surface area contributed by atoms with Crippen LogP contribution >= 0.6 is 11.3 Å². The number of hydrogen-bond acceptors (Lipinski definition) is 6. The molecule has 0 spiro atoms. The summed E-state index contributed by atoms with van der Waals surface area (Å²) in [4.78, 5) is 17.1. The Morgan fingerprint density at radius 3 is 1.94 bits per heavy atom. The van der Waals surface area contributed by atoms with Crippen LogP contribution in [0.4, 0.5) is 0 Å². The molecule has 0 aliphatic heterocycles. The van der Waals surface area contributed by atoms with E-state index in [0.717, 1.165) is 33.9 Å². The number of carbonyl (C=O) groups is 1. The second kappa shape index (κ2) is 9.44. The summed E-state index contributed by atoms with van der Waals surface area (Å²) in [6, 6.07) is 24.5. The largest absolute Gasteiger partial charge is 0.497 e. The smallest absolute Gasteiger partial charge is 0.348 e. The van der Waals surface area contributed by atoms with Crippen LogP contribution in [0.25, 0.3) is 38.8 Å². The van der Waals surface area contributed by atoms with Crippen molar-refractivity contribution < 1.29 is 19.4 Å². The molecule has 0 saturated carbocycles. The van der Waals surface area contributed by atoms with Crippen molar-refractivity contribution >= 4 is 17.3 Å². The van der Waals surface area contributed by atoms with Crippen LogP contribution in [0.3, 0.4) is 0 Å². The second-order valence-electron chi connectivity index (χ2n) is 7.63. The fourth-order valence-corrected chi connectivity index (χ4v) is 4.67. The van der Waals surface area contributed by atoms with E-state index in [1.54, 1.807) is 31.0 Å². The van der Waals surface area contributed by atoms with E-state index in [1.807, 2.05) is 72.9 Å². The van der Waals surface area contributed by atoms with Crippen molar-refractivity contribution in [2.45, 2.75) is 0 Å². The summed E-state index contributed by atoms with van der Waals surface area (Å²) in [6.45, 7) is 0. The standard InChI is InChI=1S/C27H21N3O4S/c1-33-20-12-8-17(9-13-20)23-22(16-30(29-23)19-6-4-3-5-7-19)26-28-24(25(35-26)27(31)32)18-10-14-21(34-2)15-11-18/h3-16H,1-2H3,(H,31,32). The molecule has 1 N–H and O–H groups in total. The molecule has 3 aromatic carbocycles. The third-order valence-corrected chi connectivity index (χ3v) is 6.59. The number of ether oxygens (including phenoxy) is 2. The van der Waals surface area contributed by atoms with E-state index in [2.05, 4.69) is 0 Å². The summed E-state index contributed by atoms with van der Waals surface area (Å²) in [5.41, 5.74) is 4.31. The second-order valence-corrected chi connectivity index (χ2v) is 8.63. The highest BCUT2D eigenvalue weighted by molar-refractivity contribution is 7.17. The van der Waals surface area contributed by atoms with Gasteiger partial charge in [0.25, 0.3) is 0 Å². The van der Waals surface area contributed by atoms with Gasteiger partial charge >= 0.3 is 5.97 Å². The van der Waals surface area contributed by atoms with Crippen LogP contribution in [0.5, 0.6) is 11.5 Å². The van der Waals surface area contributed by atoms with E-state index in [-0.39, 0.29) is 4.88 Å². The molecule has 174 valence electrons. The minimum atomic E-state index is -1.03. The van der Waals surface area contributed by atoms with Gasteiger partial charge in [-0.2, -0.15) is 5.10 Å². The maximum absolute atomic E-state index is 12.1. The lowest BCUT2D eigenvalue weighted by Gasteiger charge is -2.03. The van der Waals surface area contributed by atoms with Crippen molar-refractivity contribution in [2.24, 2.45) is 0 Å². The zero-order valence-corrected chi connectivity index (χ0v) is 19.8. The molecule has 0 bridgehead atoms. The van der Waals surface area contributed by atoms with Crippen molar-refractivity contribution in [2.75, 3.05) is 14.2 Å². The van der Waals surface area contributed by atoms with E-state index in [9.17, 15) is 9.90 Å². The predicted molar refractivity (Wildman–Crippen MR) is 136 cm³/mol. The van der Waals surface area contributed by atoms with Gasteiger partial charge in [-0.25, -0.2) is 14.5 Å². The molecule has 5 rings (SSSR count). The molecule has 0 amide bonds. The lowest BCUT2D eigenvalue weighted by molar-refractivity contribution is 0.0702. The molecule has 0 unspecified atom stereocenters. The van der Waals surface area contributed by atoms with Crippen LogP contribution in [-0.2, 0) is 0 Å². The van der Waals surface area contributed by atoms with Crippen LogP contribution in [0.1, 0.15) is 9.67 Å². The van der Waals surface area contributed by atoms with Crippen molar-refractivity contribution in [1.82, 2.24) is 14.8 Å². The monoisotopic (exact) mass is 483 g/mol. The number of carboxylic acids is 1. The van der Waals surface area contributed by atoms with Gasteiger partial charge in [-0.3, -0.25) is 0 Å². The molecule has 0 radical (unpaired) electrons. The fourth-order valence-electron chi connectivity index (χ4n) is 3.73. The molecular weight excluding hydrogens is 462 g/mol. The normalized spacial score (nSPS) is 10.8. The molecule has 0 aliphatic carbocycles. The van der Waals surface area contributed by atoms with E-state index >= 15 is 0 Å². The van der Waals surface area contributed by atoms with Crippen molar-refractivity contribution in [3.05, 3.63) is 89.9 Å². The molecule has 2 heterocycles. The molecule has 5 aromatic rings. The Morgan fingerprint density at radius 1 is 0.829 bits per heavy atom. The molecular formula is C27H21N3O4S. The summed E-state index contributed by atoms with van der Waals surface area (Å²) in [5, 5.41) is 15.3. The van der Waals surface area contributed by atoms with Crippen LogP contribution in [0.15, 0.2) is 85.1 Å². The van der Waals surface area contributed by atoms with Crippen molar-refractivity contribution in [3.8, 4) is 50.3 Å². The summed E-state index contributed by atoms with van der Waals surface area (Å²) in [6.07, 6.45) is 1.89. The Morgan fingerprint density at radius 2 is 1.40 bits per heavy atom. The van der Waals surface area contributed by atoms with Crippen LogP contribution in [0, 0.1) is 0 Å². The van der Waals surface area contributed by atoms with Gasteiger partial charge < -0.3 is 14.6 Å². The Kier molecular flexibility index (Phi) is 6.03. The number of methoxy groups -OCH3 is 2. The van der Waals surface area contributed by atoms with Gasteiger partial charge in [0, 0.05) is 17.3 Å². The highest BCUT2D eigenvalue weighted by Crippen LogP contribution is 2.39. The third kappa shape index (κ3) is 4.39. The van der Waals surface area contributed by atoms with Gasteiger partial charge in [-0.1, -0.05) is 18.2 Å². The van der Waals surface area contributed by atoms with Gasteiger partial charge in [0.2, 0.25) is 0 Å². The van der Waals surface area contributed by atoms with Gasteiger partial charge in [0.05, 0.1) is 31.2 Å². The number of thiazole rings is 1. The zero-order chi connectivity index (χ0) is 24.4. The highest BCUT2D eigenvalue weighted by atomic mass is 32.1. The van der Waals surface area contributed by atoms with Crippen molar-refractivity contribution in [3.63, 3.8) is 0 Å². The third-order valence-electron chi connectivity index (χ3n) is 5.51. The van der Waals surface area contributed by atoms with Gasteiger partial charge in [-0.15, -0.1) is 11.3 Å². The highest BCUT2D eigenvalue weighted by Gasteiger charge is 2.23. The Labute approximate surface area is 205 Å². The van der Waals surface area contributed by atoms with Crippen LogP contribution in [-0.4, -0.2) is 40.1 Å². The quantitative estimate of drug-likeness (QED) is 0.303. The Balaban J connectivity index is 1.67. The van der Waals surface area contributed by atoms with Crippen LogP contribution < -0.4 is 9.47 Å². The van der Waals surface area contributed by atoms with E-state index in [4.69, 9.17) is 19.6 Å². The molecule has 0 saturated heterocycles. The number of carboxylic acid groups (broad SMARTS) is 1. The fraction of sp³-hybridized carbons (Fsp3) is 0.0741. The topological polar surface area (TPSA) is 86.5 Å². The number of nitrogens with zero attached hydrogens (tertiary/aromatic N) is 3. The summed E-state index contributed by atoms with van der Waals surface area (Å²) in [5.74, 6) is 0.398. The number of benzene rings is 3. The number of aromatic nitrogens is 3. The number of para-hydroxylation sites is 1. The minimum absolute atomic E-state index is 0.165. The number of aromatic carboxylic acids is 1. The van der Waals surface area contributed by atoms with Crippen molar-refractivity contribution in [1.29, 1.82) is 0 Å². The van der Waals surface area contributed by atoms with Crippen LogP contribution in [0.2, 0.25) is 0 Å². The first kappa shape index (κ1) is 22.4. The first-order valence-electron chi connectivity index (χ1n) is 10.8.